The van der Waals surface area contributed by atoms with E-state index in [1.807, 2.05) is 49.4 Å². The highest BCUT2D eigenvalue weighted by Crippen LogP contribution is 2.36. The van der Waals surface area contributed by atoms with Crippen LogP contribution < -0.4 is 4.74 Å². The van der Waals surface area contributed by atoms with Gasteiger partial charge in [0, 0.05) is 5.25 Å². The van der Waals surface area contributed by atoms with Gasteiger partial charge < -0.3 is 9.15 Å². The van der Waals surface area contributed by atoms with Crippen molar-refractivity contribution >= 4 is 11.8 Å². The Morgan fingerprint density at radius 3 is 2.57 bits per heavy atom. The fraction of sp³-hybridized carbons (Fsp3) is 0.222. The van der Waals surface area contributed by atoms with Gasteiger partial charge >= 0.3 is 0 Å². The van der Waals surface area contributed by atoms with Crippen LogP contribution in [0.1, 0.15) is 24.7 Å². The van der Waals surface area contributed by atoms with Gasteiger partial charge in [-0.2, -0.15) is 0 Å². The van der Waals surface area contributed by atoms with E-state index in [4.69, 9.17) is 9.15 Å². The zero-order valence-electron chi connectivity index (χ0n) is 13.1. The Morgan fingerprint density at radius 2 is 1.78 bits per heavy atom. The van der Waals surface area contributed by atoms with E-state index in [-0.39, 0.29) is 5.25 Å². The third-order valence-corrected chi connectivity index (χ3v) is 4.36. The van der Waals surface area contributed by atoms with Gasteiger partial charge in [0.1, 0.15) is 5.75 Å². The average molecular weight is 326 g/mol. The zero-order chi connectivity index (χ0) is 16.1. The van der Waals surface area contributed by atoms with Crippen LogP contribution in [-0.2, 0) is 0 Å². The minimum Gasteiger partial charge on any atom is -0.493 e. The second-order valence-corrected chi connectivity index (χ2v) is 6.27. The zero-order valence-corrected chi connectivity index (χ0v) is 13.9. The minimum atomic E-state index is 0.242. The molecule has 1 aromatic heterocycles. The van der Waals surface area contributed by atoms with Crippen LogP contribution in [0.3, 0.4) is 0 Å². The molecule has 4 nitrogen and oxygen atoms in total. The van der Waals surface area contributed by atoms with Crippen LogP contribution >= 0.6 is 11.8 Å². The first-order chi connectivity index (χ1) is 11.3. The van der Waals surface area contributed by atoms with Crippen molar-refractivity contribution in [1.29, 1.82) is 0 Å². The van der Waals surface area contributed by atoms with Gasteiger partial charge in [-0.15, -0.1) is 10.2 Å². The quantitative estimate of drug-likeness (QED) is 0.597. The van der Waals surface area contributed by atoms with E-state index < -0.39 is 0 Å². The number of ether oxygens (including phenoxy) is 1. The smallest absolute Gasteiger partial charge is 0.277 e. The number of hydrogen-bond donors (Lipinski definition) is 0. The Bertz CT molecular complexity index is 758. The second-order valence-electron chi connectivity index (χ2n) is 4.97. The van der Waals surface area contributed by atoms with E-state index in [0.29, 0.717) is 17.7 Å². The molecule has 1 heterocycles. The lowest BCUT2D eigenvalue weighted by molar-refractivity contribution is 0.340. The molecule has 2 aromatic carbocycles. The van der Waals surface area contributed by atoms with Gasteiger partial charge in [-0.1, -0.05) is 54.2 Å². The molecule has 1 unspecified atom stereocenters. The summed E-state index contributed by atoms with van der Waals surface area (Å²) in [4.78, 5) is 0. The summed E-state index contributed by atoms with van der Waals surface area (Å²) in [5.74, 6) is 1.24. The van der Waals surface area contributed by atoms with E-state index >= 15 is 0 Å². The molecule has 3 aromatic rings. The van der Waals surface area contributed by atoms with Crippen molar-refractivity contribution in [3.05, 3.63) is 60.2 Å². The molecular formula is C18H18N2O2S. The molecule has 0 aliphatic heterocycles. The topological polar surface area (TPSA) is 48.2 Å². The van der Waals surface area contributed by atoms with Gasteiger partial charge in [0.25, 0.3) is 11.1 Å². The molecule has 0 amide bonds. The Kier molecular flexibility index (Phi) is 4.98. The summed E-state index contributed by atoms with van der Waals surface area (Å²) in [7, 11) is 0. The molecule has 0 bridgehead atoms. The summed E-state index contributed by atoms with van der Waals surface area (Å²) in [5.41, 5.74) is 2.05. The summed E-state index contributed by atoms with van der Waals surface area (Å²) >= 11 is 1.55. The van der Waals surface area contributed by atoms with E-state index in [2.05, 4.69) is 29.3 Å². The fourth-order valence-electron chi connectivity index (χ4n) is 2.23. The molecule has 0 saturated carbocycles. The highest BCUT2D eigenvalue weighted by molar-refractivity contribution is 7.99. The van der Waals surface area contributed by atoms with Crippen LogP contribution in [0.5, 0.6) is 5.75 Å². The van der Waals surface area contributed by atoms with E-state index in [9.17, 15) is 0 Å². The van der Waals surface area contributed by atoms with Crippen LogP contribution in [0, 0.1) is 0 Å². The second kappa shape index (κ2) is 7.33. The molecule has 0 spiro atoms. The van der Waals surface area contributed by atoms with Gasteiger partial charge in [-0.25, -0.2) is 0 Å². The van der Waals surface area contributed by atoms with Gasteiger partial charge in [0.2, 0.25) is 0 Å². The summed E-state index contributed by atoms with van der Waals surface area (Å²) in [6.07, 6.45) is 0. The highest BCUT2D eigenvalue weighted by Gasteiger charge is 2.16. The molecule has 0 saturated heterocycles. The maximum Gasteiger partial charge on any atom is 0.277 e. The summed E-state index contributed by atoms with van der Waals surface area (Å²) in [5, 5.41) is 9.11. The number of aromatic nitrogens is 2. The Labute approximate surface area is 139 Å². The lowest BCUT2D eigenvalue weighted by Gasteiger charge is -2.08. The monoisotopic (exact) mass is 326 g/mol. The molecule has 0 aliphatic rings. The molecule has 0 aliphatic carbocycles. The Balaban J connectivity index is 1.79. The maximum atomic E-state index is 5.81. The molecule has 0 fully saturated rings. The highest BCUT2D eigenvalue weighted by atomic mass is 32.2. The third kappa shape index (κ3) is 3.74. The van der Waals surface area contributed by atoms with Crippen LogP contribution in [-0.4, -0.2) is 16.8 Å². The van der Waals surface area contributed by atoms with Crippen molar-refractivity contribution in [3.8, 4) is 17.2 Å². The molecule has 1 atom stereocenters. The van der Waals surface area contributed by atoms with Crippen LogP contribution in [0.4, 0.5) is 0 Å². The normalized spacial score (nSPS) is 12.1. The number of hydrogen-bond acceptors (Lipinski definition) is 5. The molecule has 3 rings (SSSR count). The first-order valence-electron chi connectivity index (χ1n) is 7.55. The standard InChI is InChI=1S/C18H18N2O2S/c1-3-21-16-12-8-7-11-15(16)17-19-20-18(22-17)23-13(2)14-9-5-4-6-10-14/h4-13H,3H2,1-2H3. The number of benzene rings is 2. The van der Waals surface area contributed by atoms with Crippen LogP contribution in [0.25, 0.3) is 11.5 Å². The number of rotatable bonds is 6. The fourth-order valence-corrected chi connectivity index (χ4v) is 3.04. The summed E-state index contributed by atoms with van der Waals surface area (Å²) in [6, 6.07) is 18.0. The predicted octanol–water partition coefficient (Wildman–Crippen LogP) is 4.99. The molecule has 5 heteroatoms. The maximum absolute atomic E-state index is 5.81. The summed E-state index contributed by atoms with van der Waals surface area (Å²) < 4.78 is 11.4. The molecule has 23 heavy (non-hydrogen) atoms. The SMILES string of the molecule is CCOc1ccccc1-c1nnc(SC(C)c2ccccc2)o1. The van der Waals surface area contributed by atoms with Crippen molar-refractivity contribution in [2.45, 2.75) is 24.3 Å². The Hall–Kier alpha value is -2.27. The number of thioether (sulfide) groups is 1. The summed E-state index contributed by atoms with van der Waals surface area (Å²) in [6.45, 7) is 4.67. The van der Waals surface area contributed by atoms with Crippen LogP contribution in [0.15, 0.2) is 64.2 Å². The van der Waals surface area contributed by atoms with Gasteiger partial charge in [0.05, 0.1) is 12.2 Å². The lowest BCUT2D eigenvalue weighted by atomic mass is 10.2. The van der Waals surface area contributed by atoms with Crippen LogP contribution in [0.2, 0.25) is 0 Å². The largest absolute Gasteiger partial charge is 0.493 e. The average Bonchev–Trinajstić information content (AvgIpc) is 3.05. The first-order valence-corrected chi connectivity index (χ1v) is 8.43. The molecule has 0 N–H and O–H groups in total. The van der Waals surface area contributed by atoms with E-state index in [1.54, 1.807) is 11.8 Å². The van der Waals surface area contributed by atoms with Crippen molar-refractivity contribution in [2.24, 2.45) is 0 Å². The van der Waals surface area contributed by atoms with Crippen molar-refractivity contribution in [2.75, 3.05) is 6.61 Å². The van der Waals surface area contributed by atoms with Crippen molar-refractivity contribution < 1.29 is 9.15 Å². The van der Waals surface area contributed by atoms with E-state index in [0.717, 1.165) is 11.3 Å². The lowest BCUT2D eigenvalue weighted by Crippen LogP contribution is -1.93. The molecule has 0 radical (unpaired) electrons. The van der Waals surface area contributed by atoms with E-state index in [1.165, 1.54) is 5.56 Å². The molecular weight excluding hydrogens is 308 g/mol. The Morgan fingerprint density at radius 1 is 1.04 bits per heavy atom. The van der Waals surface area contributed by atoms with Gasteiger partial charge in [0.15, 0.2) is 0 Å². The van der Waals surface area contributed by atoms with Gasteiger partial charge in [-0.05, 0) is 31.5 Å². The number of nitrogens with zero attached hydrogens (tertiary/aromatic N) is 2. The van der Waals surface area contributed by atoms with Crippen molar-refractivity contribution in [1.82, 2.24) is 10.2 Å². The molecule has 118 valence electrons. The number of para-hydroxylation sites is 1. The minimum absolute atomic E-state index is 0.242. The predicted molar refractivity (Wildman–Crippen MR) is 91.6 cm³/mol. The van der Waals surface area contributed by atoms with Gasteiger partial charge in [-0.3, -0.25) is 0 Å². The van der Waals surface area contributed by atoms with Crippen molar-refractivity contribution in [3.63, 3.8) is 0 Å². The first kappa shape index (κ1) is 15.6. The third-order valence-electron chi connectivity index (χ3n) is 3.37.